The number of rotatable bonds is 6. The first-order chi connectivity index (χ1) is 20.4. The van der Waals surface area contributed by atoms with E-state index < -0.39 is 12.1 Å². The molecule has 210 valence electrons. The highest BCUT2D eigenvalue weighted by Gasteiger charge is 2.35. The molecule has 42 heavy (non-hydrogen) atoms. The van der Waals surface area contributed by atoms with Gasteiger partial charge in [0.2, 0.25) is 5.88 Å². The highest BCUT2D eigenvalue weighted by atomic mass is 35.5. The van der Waals surface area contributed by atoms with Crippen molar-refractivity contribution >= 4 is 51.1 Å². The van der Waals surface area contributed by atoms with Crippen LogP contribution in [0.4, 0.5) is 4.79 Å². The number of benzene rings is 3. The van der Waals surface area contributed by atoms with Crippen LogP contribution in [-0.4, -0.2) is 27.5 Å². The van der Waals surface area contributed by atoms with Crippen LogP contribution >= 0.6 is 23.2 Å². The van der Waals surface area contributed by atoms with Crippen LogP contribution in [0, 0.1) is 0 Å². The van der Waals surface area contributed by atoms with Crippen LogP contribution in [0.3, 0.4) is 0 Å². The van der Waals surface area contributed by atoms with Crippen LogP contribution in [-0.2, 0) is 6.42 Å². The number of pyridine rings is 1. The molecule has 5 aromatic rings. The summed E-state index contributed by atoms with van der Waals surface area (Å²) in [4.78, 5) is 23.3. The maximum atomic E-state index is 13.5. The van der Waals surface area contributed by atoms with E-state index in [9.17, 15) is 4.79 Å². The summed E-state index contributed by atoms with van der Waals surface area (Å²) in [6.45, 7) is 6.70. The molecule has 3 heterocycles. The molecule has 0 unspecified atom stereocenters. The van der Waals surface area contributed by atoms with E-state index in [0.29, 0.717) is 46.0 Å². The number of allylic oxidation sites excluding steroid dienone is 2. The van der Waals surface area contributed by atoms with E-state index in [1.165, 1.54) is 0 Å². The van der Waals surface area contributed by atoms with Gasteiger partial charge in [-0.15, -0.1) is 0 Å². The number of H-pyrrole nitrogens is 1. The van der Waals surface area contributed by atoms with Crippen LogP contribution in [0.2, 0.25) is 10.0 Å². The first kappa shape index (κ1) is 27.6. The van der Waals surface area contributed by atoms with Gasteiger partial charge in [-0.1, -0.05) is 54.1 Å². The lowest BCUT2D eigenvalue weighted by Crippen LogP contribution is -2.42. The van der Waals surface area contributed by atoms with Crippen LogP contribution in [0.15, 0.2) is 115 Å². The summed E-state index contributed by atoms with van der Waals surface area (Å²) in [5.74, 6) is 1.48. The largest absolute Gasteiger partial charge is 0.439 e. The molecule has 6 nitrogen and oxygen atoms in total. The van der Waals surface area contributed by atoms with E-state index in [4.69, 9.17) is 32.7 Å². The Labute approximate surface area is 253 Å². The number of aromatic amines is 1. The number of carbonyl (C=O) groups excluding carboxylic acids is 1. The van der Waals surface area contributed by atoms with Crippen LogP contribution in [0.5, 0.6) is 11.6 Å². The van der Waals surface area contributed by atoms with Crippen molar-refractivity contribution in [3.8, 4) is 11.6 Å². The molecule has 1 N–H and O–H groups in total. The fraction of sp³-hybridized carbons (Fsp3) is 0.118. The summed E-state index contributed by atoms with van der Waals surface area (Å²) in [7, 11) is 0. The second-order valence-electron chi connectivity index (χ2n) is 9.92. The molecule has 0 spiro atoms. The highest BCUT2D eigenvalue weighted by molar-refractivity contribution is 6.31. The third kappa shape index (κ3) is 5.64. The van der Waals surface area contributed by atoms with Gasteiger partial charge in [0.1, 0.15) is 17.6 Å². The SMILES string of the molecule is C=C(/C=C\C(=C/C)Oc1ccc2ccccc2n1)[C@H]1c2[nH]c3ccc(Cl)cc3c2CCN1C(=O)Oc1ccc(Cl)cc1. The molecule has 0 aliphatic carbocycles. The Morgan fingerprint density at radius 3 is 2.60 bits per heavy atom. The Hall–Kier alpha value is -4.52. The molecule has 3 aromatic carbocycles. The summed E-state index contributed by atoms with van der Waals surface area (Å²) in [6.07, 6.45) is 5.69. The molecule has 0 bridgehead atoms. The van der Waals surface area contributed by atoms with E-state index >= 15 is 0 Å². The maximum Gasteiger partial charge on any atom is 0.416 e. The van der Waals surface area contributed by atoms with Gasteiger partial charge in [0.15, 0.2) is 0 Å². The number of halogens is 2. The van der Waals surface area contributed by atoms with E-state index in [0.717, 1.165) is 33.1 Å². The molecule has 1 atom stereocenters. The molecule has 0 fully saturated rings. The van der Waals surface area contributed by atoms with E-state index in [-0.39, 0.29) is 0 Å². The number of hydrogen-bond donors (Lipinski definition) is 1. The number of nitrogens with zero attached hydrogens (tertiary/aromatic N) is 2. The number of hydrogen-bond acceptors (Lipinski definition) is 4. The molecule has 6 rings (SSSR count). The molecule has 8 heteroatoms. The average Bonchev–Trinajstić information content (AvgIpc) is 3.37. The Kier molecular flexibility index (Phi) is 7.74. The zero-order chi connectivity index (χ0) is 29.2. The monoisotopic (exact) mass is 595 g/mol. The second-order valence-corrected chi connectivity index (χ2v) is 10.8. The van der Waals surface area contributed by atoms with Gasteiger partial charge in [-0.05, 0) is 91.2 Å². The van der Waals surface area contributed by atoms with Gasteiger partial charge in [-0.2, -0.15) is 0 Å². The Morgan fingerprint density at radius 1 is 1.00 bits per heavy atom. The zero-order valence-electron chi connectivity index (χ0n) is 22.8. The highest BCUT2D eigenvalue weighted by Crippen LogP contribution is 2.39. The summed E-state index contributed by atoms with van der Waals surface area (Å²) in [5, 5.41) is 3.28. The smallest absolute Gasteiger partial charge is 0.416 e. The van der Waals surface area contributed by atoms with Crippen molar-refractivity contribution in [1.29, 1.82) is 0 Å². The number of aromatic nitrogens is 2. The topological polar surface area (TPSA) is 67.5 Å². The molecule has 2 aromatic heterocycles. The van der Waals surface area contributed by atoms with Gasteiger partial charge < -0.3 is 14.5 Å². The van der Waals surface area contributed by atoms with Crippen molar-refractivity contribution in [2.24, 2.45) is 0 Å². The first-order valence-electron chi connectivity index (χ1n) is 13.5. The van der Waals surface area contributed by atoms with Gasteiger partial charge in [0.05, 0.1) is 5.52 Å². The number of fused-ring (bicyclic) bond motifs is 4. The summed E-state index contributed by atoms with van der Waals surface area (Å²) in [6, 6.07) is 23.6. The minimum atomic E-state index is -0.507. The van der Waals surface area contributed by atoms with Crippen molar-refractivity contribution < 1.29 is 14.3 Å². The third-order valence-electron chi connectivity index (χ3n) is 7.24. The van der Waals surface area contributed by atoms with E-state index in [2.05, 4.69) is 16.5 Å². The van der Waals surface area contributed by atoms with Crippen molar-refractivity contribution in [2.75, 3.05) is 6.54 Å². The molecule has 0 radical (unpaired) electrons. The van der Waals surface area contributed by atoms with Gasteiger partial charge in [-0.25, -0.2) is 9.78 Å². The van der Waals surface area contributed by atoms with Gasteiger partial charge in [0.25, 0.3) is 0 Å². The zero-order valence-corrected chi connectivity index (χ0v) is 24.3. The molecule has 1 amide bonds. The Balaban J connectivity index is 1.30. The minimum Gasteiger partial charge on any atom is -0.439 e. The van der Waals surface area contributed by atoms with Crippen LogP contribution < -0.4 is 9.47 Å². The van der Waals surface area contributed by atoms with E-state index in [1.54, 1.807) is 29.2 Å². The predicted molar refractivity (Wildman–Crippen MR) is 168 cm³/mol. The summed E-state index contributed by atoms with van der Waals surface area (Å²) < 4.78 is 11.8. The molecule has 1 aliphatic rings. The average molecular weight is 597 g/mol. The molecular weight excluding hydrogens is 569 g/mol. The molecule has 0 saturated heterocycles. The number of amides is 1. The van der Waals surface area contributed by atoms with Crippen molar-refractivity contribution in [3.05, 3.63) is 136 Å². The first-order valence-corrected chi connectivity index (χ1v) is 14.3. The van der Waals surface area contributed by atoms with Gasteiger partial charge >= 0.3 is 6.09 Å². The number of para-hydroxylation sites is 1. The predicted octanol–water partition coefficient (Wildman–Crippen LogP) is 9.22. The summed E-state index contributed by atoms with van der Waals surface area (Å²) in [5.41, 5.74) is 4.45. The number of ether oxygens (including phenoxy) is 2. The lowest BCUT2D eigenvalue weighted by atomic mass is 9.93. The van der Waals surface area contributed by atoms with Crippen molar-refractivity contribution in [2.45, 2.75) is 19.4 Å². The molecule has 0 saturated carbocycles. The number of nitrogens with one attached hydrogen (secondary N) is 1. The lowest BCUT2D eigenvalue weighted by molar-refractivity contribution is 0.135. The Morgan fingerprint density at radius 2 is 1.79 bits per heavy atom. The van der Waals surface area contributed by atoms with Gasteiger partial charge in [0, 0.05) is 44.6 Å². The normalized spacial score (nSPS) is 15.3. The van der Waals surface area contributed by atoms with Gasteiger partial charge in [-0.3, -0.25) is 4.90 Å². The number of carbonyl (C=O) groups is 1. The Bertz CT molecular complexity index is 1870. The van der Waals surface area contributed by atoms with Crippen LogP contribution in [0.1, 0.15) is 24.2 Å². The lowest BCUT2D eigenvalue weighted by Gasteiger charge is -2.35. The molecular formula is C34H27Cl2N3O3. The van der Waals surface area contributed by atoms with Crippen LogP contribution in [0.25, 0.3) is 21.8 Å². The maximum absolute atomic E-state index is 13.5. The standard InChI is InChI=1S/C34H27Cl2N3O3/c1-3-25(41-31-17-9-22-6-4-5-7-29(22)37-31)13-8-21(2)33-32-27(28-20-24(36)12-16-30(28)38-32)18-19-39(33)34(40)42-26-14-10-23(35)11-15-26/h3-17,20,33,38H,2,18-19H2,1H3/b13-8-,25-3+/t33-/m0/s1. The van der Waals surface area contributed by atoms with Crippen molar-refractivity contribution in [1.82, 2.24) is 14.9 Å². The van der Waals surface area contributed by atoms with Crippen molar-refractivity contribution in [3.63, 3.8) is 0 Å². The fourth-order valence-electron chi connectivity index (χ4n) is 5.20. The van der Waals surface area contributed by atoms with E-state index in [1.807, 2.05) is 79.7 Å². The third-order valence-corrected chi connectivity index (χ3v) is 7.72. The second kappa shape index (κ2) is 11.8. The summed E-state index contributed by atoms with van der Waals surface area (Å²) >= 11 is 12.3. The fourth-order valence-corrected chi connectivity index (χ4v) is 5.50. The quantitative estimate of drug-likeness (QED) is 0.157. The molecule has 1 aliphatic heterocycles. The minimum absolute atomic E-state index is 0.408.